The normalized spacial score (nSPS) is 11.3. The van der Waals surface area contributed by atoms with E-state index in [0.29, 0.717) is 33.1 Å². The zero-order valence-corrected chi connectivity index (χ0v) is 21.2. The Kier molecular flexibility index (Phi) is 7.07. The van der Waals surface area contributed by atoms with Crippen LogP contribution in [0.3, 0.4) is 0 Å². The summed E-state index contributed by atoms with van der Waals surface area (Å²) in [5.41, 5.74) is 3.72. The van der Waals surface area contributed by atoms with Gasteiger partial charge in [-0.2, -0.15) is 10.2 Å². The van der Waals surface area contributed by atoms with Gasteiger partial charge in [-0.05, 0) is 43.3 Å². The molecule has 0 aliphatic heterocycles. The lowest BCUT2D eigenvalue weighted by Gasteiger charge is -2.07. The van der Waals surface area contributed by atoms with Gasteiger partial charge in [0.05, 0.1) is 28.2 Å². The smallest absolute Gasteiger partial charge is 0.226 e. The van der Waals surface area contributed by atoms with Crippen molar-refractivity contribution in [3.63, 3.8) is 0 Å². The van der Waals surface area contributed by atoms with Gasteiger partial charge < -0.3 is 9.57 Å². The number of hydrogen-bond donors (Lipinski definition) is 0. The number of oxime groups is 1. The fourth-order valence-electron chi connectivity index (χ4n) is 3.21. The molecule has 0 spiro atoms. The van der Waals surface area contributed by atoms with Crippen molar-refractivity contribution in [3.05, 3.63) is 80.0 Å². The van der Waals surface area contributed by atoms with E-state index in [4.69, 9.17) is 32.8 Å². The SMILES string of the molecule is Cc1nn(C)c(Oc2ccc(Br)cc2)c1/C=N\OCc1c(Cl)c(-c2ccc(Cl)cc2)nn1C. The van der Waals surface area contributed by atoms with E-state index in [2.05, 4.69) is 31.3 Å². The zero-order valence-electron chi connectivity index (χ0n) is 18.1. The summed E-state index contributed by atoms with van der Waals surface area (Å²) in [5.74, 6) is 1.25. The largest absolute Gasteiger partial charge is 0.439 e. The maximum absolute atomic E-state index is 6.57. The van der Waals surface area contributed by atoms with Crippen LogP contribution in [0.15, 0.2) is 58.2 Å². The second-order valence-electron chi connectivity index (χ2n) is 7.23. The van der Waals surface area contributed by atoms with Crippen molar-refractivity contribution in [2.45, 2.75) is 13.5 Å². The van der Waals surface area contributed by atoms with Crippen LogP contribution in [0.2, 0.25) is 10.0 Å². The summed E-state index contributed by atoms with van der Waals surface area (Å²) in [6, 6.07) is 14.9. The highest BCUT2D eigenvalue weighted by Gasteiger charge is 2.17. The van der Waals surface area contributed by atoms with E-state index in [1.165, 1.54) is 0 Å². The molecule has 0 amide bonds. The van der Waals surface area contributed by atoms with Crippen molar-refractivity contribution in [1.29, 1.82) is 0 Å². The summed E-state index contributed by atoms with van der Waals surface area (Å²) in [4.78, 5) is 5.54. The molecular formula is C23H20BrCl2N5O2. The van der Waals surface area contributed by atoms with Crippen LogP contribution in [0.25, 0.3) is 11.3 Å². The number of ether oxygens (including phenoxy) is 1. The van der Waals surface area contributed by atoms with Crippen LogP contribution in [-0.4, -0.2) is 25.8 Å². The Bertz CT molecular complexity index is 1300. The Morgan fingerprint density at radius 2 is 1.70 bits per heavy atom. The Morgan fingerprint density at radius 1 is 1.00 bits per heavy atom. The van der Waals surface area contributed by atoms with Gasteiger partial charge in [0.2, 0.25) is 5.88 Å². The summed E-state index contributed by atoms with van der Waals surface area (Å²) >= 11 is 16.0. The van der Waals surface area contributed by atoms with Gasteiger partial charge in [-0.15, -0.1) is 0 Å². The highest BCUT2D eigenvalue weighted by atomic mass is 79.9. The van der Waals surface area contributed by atoms with Gasteiger partial charge in [0, 0.05) is 29.2 Å². The predicted octanol–water partition coefficient (Wildman–Crippen LogP) is 6.54. The average molecular weight is 549 g/mol. The molecule has 0 saturated carbocycles. The van der Waals surface area contributed by atoms with Crippen LogP contribution in [0, 0.1) is 6.92 Å². The number of rotatable bonds is 7. The van der Waals surface area contributed by atoms with E-state index in [1.807, 2.05) is 57.4 Å². The second-order valence-corrected chi connectivity index (χ2v) is 8.96. The molecule has 0 atom stereocenters. The molecule has 10 heteroatoms. The summed E-state index contributed by atoms with van der Waals surface area (Å²) in [7, 11) is 3.62. The maximum Gasteiger partial charge on any atom is 0.226 e. The Labute approximate surface area is 209 Å². The molecule has 4 rings (SSSR count). The highest BCUT2D eigenvalue weighted by Crippen LogP contribution is 2.31. The van der Waals surface area contributed by atoms with Crippen molar-refractivity contribution >= 4 is 45.3 Å². The number of nitrogens with zero attached hydrogens (tertiary/aromatic N) is 5. The molecule has 7 nitrogen and oxygen atoms in total. The number of benzene rings is 2. The second kappa shape index (κ2) is 9.99. The Balaban J connectivity index is 1.48. The van der Waals surface area contributed by atoms with E-state index < -0.39 is 0 Å². The molecule has 0 fully saturated rings. The maximum atomic E-state index is 6.57. The predicted molar refractivity (Wildman–Crippen MR) is 133 cm³/mol. The van der Waals surface area contributed by atoms with Gasteiger partial charge in [-0.1, -0.05) is 56.4 Å². The fourth-order valence-corrected chi connectivity index (χ4v) is 3.92. The monoisotopic (exact) mass is 547 g/mol. The average Bonchev–Trinajstić information content (AvgIpc) is 3.22. The van der Waals surface area contributed by atoms with Crippen LogP contribution in [-0.2, 0) is 25.5 Å². The first-order chi connectivity index (χ1) is 15.8. The number of aromatic nitrogens is 4. The van der Waals surface area contributed by atoms with Gasteiger partial charge in [-0.25, -0.2) is 4.68 Å². The van der Waals surface area contributed by atoms with Gasteiger partial charge in [0.25, 0.3) is 0 Å². The van der Waals surface area contributed by atoms with E-state index in [9.17, 15) is 0 Å². The number of halogens is 3. The molecule has 0 unspecified atom stereocenters. The van der Waals surface area contributed by atoms with Crippen LogP contribution >= 0.6 is 39.1 Å². The van der Waals surface area contributed by atoms with Crippen LogP contribution in [0.5, 0.6) is 11.6 Å². The molecule has 0 N–H and O–H groups in total. The molecule has 2 heterocycles. The van der Waals surface area contributed by atoms with E-state index in [-0.39, 0.29) is 6.61 Å². The first-order valence-electron chi connectivity index (χ1n) is 9.93. The minimum atomic E-state index is 0.147. The number of aryl methyl sites for hydroxylation is 3. The quantitative estimate of drug-likeness (QED) is 0.194. The van der Waals surface area contributed by atoms with Gasteiger partial charge >= 0.3 is 0 Å². The van der Waals surface area contributed by atoms with Crippen LogP contribution in [0.1, 0.15) is 17.0 Å². The first kappa shape index (κ1) is 23.4. The Morgan fingerprint density at radius 3 is 2.39 bits per heavy atom. The van der Waals surface area contributed by atoms with Gasteiger partial charge in [0.15, 0.2) is 6.61 Å². The fraction of sp³-hybridized carbons (Fsp3) is 0.174. The molecule has 0 aliphatic rings. The summed E-state index contributed by atoms with van der Waals surface area (Å²) < 4.78 is 10.3. The van der Waals surface area contributed by atoms with Crippen molar-refractivity contribution in [3.8, 4) is 22.9 Å². The molecule has 0 saturated heterocycles. The molecule has 33 heavy (non-hydrogen) atoms. The van der Waals surface area contributed by atoms with Crippen molar-refractivity contribution in [2.75, 3.05) is 0 Å². The molecule has 170 valence electrons. The lowest BCUT2D eigenvalue weighted by molar-refractivity contribution is 0.126. The lowest BCUT2D eigenvalue weighted by atomic mass is 10.1. The summed E-state index contributed by atoms with van der Waals surface area (Å²) in [5, 5.41) is 14.2. The van der Waals surface area contributed by atoms with Gasteiger partial charge in [-0.3, -0.25) is 4.68 Å². The molecule has 0 radical (unpaired) electrons. The summed E-state index contributed by atoms with van der Waals surface area (Å²) in [6.07, 6.45) is 1.58. The molecule has 0 bridgehead atoms. The third kappa shape index (κ3) is 5.24. The van der Waals surface area contributed by atoms with E-state index in [1.54, 1.807) is 27.7 Å². The first-order valence-corrected chi connectivity index (χ1v) is 11.5. The molecule has 0 aliphatic carbocycles. The molecule has 4 aromatic rings. The van der Waals surface area contributed by atoms with Crippen molar-refractivity contribution < 1.29 is 9.57 Å². The van der Waals surface area contributed by atoms with Gasteiger partial charge in [0.1, 0.15) is 11.4 Å². The topological polar surface area (TPSA) is 66.5 Å². The van der Waals surface area contributed by atoms with Crippen LogP contribution in [0.4, 0.5) is 0 Å². The third-order valence-electron chi connectivity index (χ3n) is 4.92. The van der Waals surface area contributed by atoms with Crippen molar-refractivity contribution in [1.82, 2.24) is 19.6 Å². The molecule has 2 aromatic heterocycles. The summed E-state index contributed by atoms with van der Waals surface area (Å²) in [6.45, 7) is 2.03. The minimum absolute atomic E-state index is 0.147. The van der Waals surface area contributed by atoms with Crippen molar-refractivity contribution in [2.24, 2.45) is 19.3 Å². The van der Waals surface area contributed by atoms with Crippen LogP contribution < -0.4 is 4.74 Å². The third-order valence-corrected chi connectivity index (χ3v) is 6.10. The highest BCUT2D eigenvalue weighted by molar-refractivity contribution is 9.10. The molecule has 2 aromatic carbocycles. The zero-order chi connectivity index (χ0) is 23.5. The Hall–Kier alpha value is -2.81. The molecular weight excluding hydrogens is 529 g/mol. The lowest BCUT2D eigenvalue weighted by Crippen LogP contribution is -2.00. The number of hydrogen-bond acceptors (Lipinski definition) is 5. The van der Waals surface area contributed by atoms with E-state index >= 15 is 0 Å². The standard InChI is InChI=1S/C23H20BrCl2N5O2/c1-14-19(23(31(3)28-14)33-18-10-6-16(24)7-11-18)12-27-32-13-20-21(26)22(29-30(20)2)15-4-8-17(25)9-5-15/h4-12H,13H2,1-3H3/b27-12-. The van der Waals surface area contributed by atoms with E-state index in [0.717, 1.165) is 21.3 Å². The minimum Gasteiger partial charge on any atom is -0.439 e.